The largest absolute Gasteiger partial charge is 0.361 e. The summed E-state index contributed by atoms with van der Waals surface area (Å²) in [4.78, 5) is 13.0. The summed E-state index contributed by atoms with van der Waals surface area (Å²) in [7, 11) is 0. The first-order chi connectivity index (χ1) is 8.70. The van der Waals surface area contributed by atoms with E-state index in [4.69, 9.17) is 4.52 Å². The molecule has 0 spiro atoms. The number of nitrogens with one attached hydrogen (secondary N) is 1. The van der Waals surface area contributed by atoms with Crippen LogP contribution in [0.15, 0.2) is 15.2 Å². The lowest BCUT2D eigenvalue weighted by atomic mass is 10.4. The highest BCUT2D eigenvalue weighted by molar-refractivity contribution is 9.10. The van der Waals surface area contributed by atoms with Crippen molar-refractivity contribution < 1.29 is 4.52 Å². The van der Waals surface area contributed by atoms with Gasteiger partial charge < -0.3 is 9.84 Å². The normalized spacial score (nSPS) is 14.8. The van der Waals surface area contributed by atoms with Crippen molar-refractivity contribution in [1.29, 1.82) is 0 Å². The molecule has 2 heterocycles. The van der Waals surface area contributed by atoms with Crippen LogP contribution in [0.2, 0.25) is 0 Å². The van der Waals surface area contributed by atoms with E-state index in [2.05, 4.69) is 41.4 Å². The van der Waals surface area contributed by atoms with Crippen molar-refractivity contribution in [3.8, 4) is 0 Å². The molecule has 3 rings (SSSR count). The van der Waals surface area contributed by atoms with Crippen LogP contribution in [0.5, 0.6) is 0 Å². The van der Waals surface area contributed by atoms with Gasteiger partial charge >= 0.3 is 0 Å². The number of anilines is 1. The van der Waals surface area contributed by atoms with E-state index in [1.807, 2.05) is 6.07 Å². The van der Waals surface area contributed by atoms with Gasteiger partial charge in [0.25, 0.3) is 0 Å². The molecule has 0 aliphatic heterocycles. The molecule has 7 heteroatoms. The first kappa shape index (κ1) is 11.6. The van der Waals surface area contributed by atoms with E-state index in [-0.39, 0.29) is 0 Å². The molecule has 18 heavy (non-hydrogen) atoms. The van der Waals surface area contributed by atoms with Crippen molar-refractivity contribution in [2.24, 2.45) is 0 Å². The molecular weight excluding hydrogens is 298 g/mol. The van der Waals surface area contributed by atoms with Crippen molar-refractivity contribution in [3.63, 3.8) is 0 Å². The Morgan fingerprint density at radius 2 is 2.22 bits per heavy atom. The lowest BCUT2D eigenvalue weighted by molar-refractivity contribution is 0.379. The topological polar surface area (TPSA) is 76.7 Å². The molecule has 2 aromatic heterocycles. The third-order valence-electron chi connectivity index (χ3n) is 2.65. The molecule has 1 aliphatic rings. The Morgan fingerprint density at radius 3 is 2.89 bits per heavy atom. The van der Waals surface area contributed by atoms with Gasteiger partial charge in [-0.1, -0.05) is 5.16 Å². The lowest BCUT2D eigenvalue weighted by Crippen LogP contribution is -2.04. The minimum atomic E-state index is 0.467. The maximum atomic E-state index is 5.03. The maximum Gasteiger partial charge on any atom is 0.245 e. The van der Waals surface area contributed by atoms with E-state index in [9.17, 15) is 0 Å². The molecule has 2 aromatic rings. The highest BCUT2D eigenvalue weighted by Gasteiger charge is 2.27. The zero-order chi connectivity index (χ0) is 12.5. The smallest absolute Gasteiger partial charge is 0.245 e. The van der Waals surface area contributed by atoms with Gasteiger partial charge in [0.05, 0.1) is 6.54 Å². The van der Waals surface area contributed by atoms with E-state index in [1.165, 1.54) is 12.8 Å². The Morgan fingerprint density at radius 1 is 1.39 bits per heavy atom. The van der Waals surface area contributed by atoms with Crippen LogP contribution >= 0.6 is 15.9 Å². The first-order valence-electron chi connectivity index (χ1n) is 5.78. The van der Waals surface area contributed by atoms with Crippen molar-refractivity contribution in [1.82, 2.24) is 20.1 Å². The Bertz CT molecular complexity index is 566. The number of aryl methyl sites for hydroxylation is 1. The van der Waals surface area contributed by atoms with Gasteiger partial charge in [0, 0.05) is 12.0 Å². The van der Waals surface area contributed by atoms with E-state index < -0.39 is 0 Å². The number of aromatic nitrogens is 4. The molecule has 6 nitrogen and oxygen atoms in total. The second kappa shape index (κ2) is 4.64. The molecule has 1 fully saturated rings. The van der Waals surface area contributed by atoms with Crippen molar-refractivity contribution >= 4 is 21.7 Å². The molecule has 94 valence electrons. The summed E-state index contributed by atoms with van der Waals surface area (Å²) < 4.78 is 5.82. The summed E-state index contributed by atoms with van der Waals surface area (Å²) in [5.41, 5.74) is 0. The van der Waals surface area contributed by atoms with Crippen LogP contribution in [0.25, 0.3) is 0 Å². The molecule has 1 N–H and O–H groups in total. The average Bonchev–Trinajstić information content (AvgIpc) is 3.10. The van der Waals surface area contributed by atoms with Crippen LogP contribution in [-0.4, -0.2) is 20.1 Å². The minimum Gasteiger partial charge on any atom is -0.361 e. The van der Waals surface area contributed by atoms with Gasteiger partial charge in [0.1, 0.15) is 16.2 Å². The Kier molecular flexibility index (Phi) is 2.99. The maximum absolute atomic E-state index is 5.03. The summed E-state index contributed by atoms with van der Waals surface area (Å²) >= 11 is 3.40. The third-order valence-corrected chi connectivity index (χ3v) is 3.05. The molecule has 0 bridgehead atoms. The fourth-order valence-corrected chi connectivity index (χ4v) is 2.03. The standard InChI is InChI=1S/C11H12BrN5O/c1-6-14-10(18-17-6)5-13-9-4-8(12)15-11(16-9)7-2-3-7/h4,7H,2-3,5H2,1H3,(H,13,15,16). The van der Waals surface area contributed by atoms with Crippen LogP contribution in [0, 0.1) is 6.92 Å². The third kappa shape index (κ3) is 2.66. The van der Waals surface area contributed by atoms with Gasteiger partial charge in [-0.3, -0.25) is 0 Å². The summed E-state index contributed by atoms with van der Waals surface area (Å²) in [5, 5.41) is 6.89. The zero-order valence-corrected chi connectivity index (χ0v) is 11.4. The molecule has 1 aliphatic carbocycles. The highest BCUT2D eigenvalue weighted by atomic mass is 79.9. The van der Waals surface area contributed by atoms with Crippen LogP contribution in [0.4, 0.5) is 5.82 Å². The second-order valence-electron chi connectivity index (χ2n) is 4.30. The molecule has 1 saturated carbocycles. The van der Waals surface area contributed by atoms with Crippen molar-refractivity contribution in [3.05, 3.63) is 28.2 Å². The molecular formula is C11H12BrN5O. The van der Waals surface area contributed by atoms with Crippen molar-refractivity contribution in [2.45, 2.75) is 32.2 Å². The monoisotopic (exact) mass is 309 g/mol. The van der Waals surface area contributed by atoms with Gasteiger partial charge in [0.15, 0.2) is 5.82 Å². The Balaban J connectivity index is 1.71. The predicted octanol–water partition coefficient (Wildman–Crippen LogP) is 2.42. The lowest BCUT2D eigenvalue weighted by Gasteiger charge is -2.05. The molecule has 0 atom stereocenters. The first-order valence-corrected chi connectivity index (χ1v) is 6.57. The van der Waals surface area contributed by atoms with Crippen LogP contribution < -0.4 is 5.32 Å². The fraction of sp³-hybridized carbons (Fsp3) is 0.455. The number of rotatable bonds is 4. The highest BCUT2D eigenvalue weighted by Crippen LogP contribution is 2.38. The van der Waals surface area contributed by atoms with E-state index in [0.717, 1.165) is 16.2 Å². The summed E-state index contributed by atoms with van der Waals surface area (Å²) in [6.45, 7) is 2.26. The van der Waals surface area contributed by atoms with Crippen molar-refractivity contribution in [2.75, 3.05) is 5.32 Å². The number of nitrogens with zero attached hydrogens (tertiary/aromatic N) is 4. The van der Waals surface area contributed by atoms with E-state index in [1.54, 1.807) is 6.92 Å². The number of hydrogen-bond acceptors (Lipinski definition) is 6. The van der Waals surface area contributed by atoms with E-state index in [0.29, 0.717) is 24.2 Å². The number of hydrogen-bond donors (Lipinski definition) is 1. The molecule has 0 saturated heterocycles. The molecule has 0 unspecified atom stereocenters. The number of halogens is 1. The van der Waals surface area contributed by atoms with Gasteiger partial charge in [0.2, 0.25) is 5.89 Å². The summed E-state index contributed by atoms with van der Waals surface area (Å²) in [6.07, 6.45) is 2.36. The van der Waals surface area contributed by atoms with Gasteiger partial charge in [-0.05, 0) is 35.7 Å². The van der Waals surface area contributed by atoms with E-state index >= 15 is 0 Å². The fourth-order valence-electron chi connectivity index (χ4n) is 1.63. The molecule has 0 aromatic carbocycles. The molecule has 0 radical (unpaired) electrons. The van der Waals surface area contributed by atoms with Gasteiger partial charge in [-0.2, -0.15) is 4.98 Å². The minimum absolute atomic E-state index is 0.467. The Hall–Kier alpha value is -1.50. The van der Waals surface area contributed by atoms with Crippen LogP contribution in [0.1, 0.15) is 36.3 Å². The van der Waals surface area contributed by atoms with Crippen LogP contribution in [-0.2, 0) is 6.54 Å². The molecule has 0 amide bonds. The quantitative estimate of drug-likeness (QED) is 0.874. The van der Waals surface area contributed by atoms with Gasteiger partial charge in [-0.15, -0.1) is 0 Å². The SMILES string of the molecule is Cc1noc(CNc2cc(Br)nc(C3CC3)n2)n1. The zero-order valence-electron chi connectivity index (χ0n) is 9.85. The van der Waals surface area contributed by atoms with Crippen LogP contribution in [0.3, 0.4) is 0 Å². The average molecular weight is 310 g/mol. The summed E-state index contributed by atoms with van der Waals surface area (Å²) in [5.74, 6) is 3.38. The predicted molar refractivity (Wildman–Crippen MR) is 68.1 cm³/mol. The van der Waals surface area contributed by atoms with Gasteiger partial charge in [-0.25, -0.2) is 9.97 Å². The summed E-state index contributed by atoms with van der Waals surface area (Å²) in [6, 6.07) is 1.84. The Labute approximate surface area is 112 Å². The second-order valence-corrected chi connectivity index (χ2v) is 5.11.